The summed E-state index contributed by atoms with van der Waals surface area (Å²) in [6.45, 7) is 5.40. The van der Waals surface area contributed by atoms with Crippen molar-refractivity contribution in [2.45, 2.75) is 23.7 Å². The van der Waals surface area contributed by atoms with E-state index in [2.05, 4.69) is 22.1 Å². The number of aromatic nitrogens is 2. The van der Waals surface area contributed by atoms with Gasteiger partial charge in [0.2, 0.25) is 21.1 Å². The number of nitrogens with one attached hydrogen (secondary N) is 1. The Bertz CT molecular complexity index is 853. The zero-order chi connectivity index (χ0) is 19.2. The van der Waals surface area contributed by atoms with E-state index in [0.717, 1.165) is 10.6 Å². The average molecular weight is 413 g/mol. The lowest BCUT2D eigenvalue weighted by atomic mass is 10.2. The van der Waals surface area contributed by atoms with E-state index in [1.807, 2.05) is 0 Å². The van der Waals surface area contributed by atoms with Crippen LogP contribution >= 0.6 is 23.1 Å². The zero-order valence-electron chi connectivity index (χ0n) is 14.5. The van der Waals surface area contributed by atoms with Crippen LogP contribution in [0.15, 0.2) is 47.3 Å². The molecule has 0 saturated carbocycles. The number of sulfonamides is 1. The molecule has 140 valence electrons. The lowest BCUT2D eigenvalue weighted by Gasteiger charge is -2.29. The summed E-state index contributed by atoms with van der Waals surface area (Å²) in [5.41, 5.74) is 0.441. The van der Waals surface area contributed by atoms with Crippen molar-refractivity contribution in [2.75, 3.05) is 21.6 Å². The molecule has 2 aromatic rings. The van der Waals surface area contributed by atoms with E-state index < -0.39 is 22.0 Å². The van der Waals surface area contributed by atoms with E-state index in [9.17, 15) is 13.2 Å². The second kappa shape index (κ2) is 9.15. The number of amides is 1. The van der Waals surface area contributed by atoms with Crippen molar-refractivity contribution in [3.8, 4) is 0 Å². The minimum absolute atomic E-state index is 0.310. The normalized spacial score (nSPS) is 12.4. The van der Waals surface area contributed by atoms with Crippen LogP contribution in [0.5, 0.6) is 0 Å². The monoisotopic (exact) mass is 412 g/mol. The van der Waals surface area contributed by atoms with Gasteiger partial charge in [-0.25, -0.2) is 8.42 Å². The molecule has 0 aliphatic rings. The van der Waals surface area contributed by atoms with Crippen molar-refractivity contribution in [2.24, 2.45) is 0 Å². The summed E-state index contributed by atoms with van der Waals surface area (Å²) in [7, 11) is -3.65. The molecule has 0 fully saturated rings. The second-order valence-corrected chi connectivity index (χ2v) is 9.38. The van der Waals surface area contributed by atoms with Gasteiger partial charge in [-0.2, -0.15) is 0 Å². The number of para-hydroxylation sites is 1. The van der Waals surface area contributed by atoms with Crippen LogP contribution in [0.3, 0.4) is 0 Å². The number of nitrogens with zero attached hydrogens (tertiary/aromatic N) is 3. The van der Waals surface area contributed by atoms with E-state index in [-0.39, 0.29) is 0 Å². The van der Waals surface area contributed by atoms with Gasteiger partial charge in [0.25, 0.3) is 0 Å². The van der Waals surface area contributed by atoms with Gasteiger partial charge in [0.05, 0.1) is 11.9 Å². The fourth-order valence-corrected chi connectivity index (χ4v) is 5.00. The van der Waals surface area contributed by atoms with Gasteiger partial charge in [0, 0.05) is 5.75 Å². The van der Waals surface area contributed by atoms with Crippen molar-refractivity contribution in [1.82, 2.24) is 10.2 Å². The molecule has 10 heteroatoms. The fraction of sp³-hybridized carbons (Fsp3) is 0.312. The lowest BCUT2D eigenvalue weighted by molar-refractivity contribution is -0.117. The van der Waals surface area contributed by atoms with Crippen molar-refractivity contribution in [3.63, 3.8) is 0 Å². The third-order valence-corrected chi connectivity index (χ3v) is 6.45. The SMILES string of the molecule is C=CCSc1nnc(NC(=O)[C@@H](CC)N(c2ccccc2)S(C)(=O)=O)s1. The predicted molar refractivity (Wildman–Crippen MR) is 107 cm³/mol. The summed E-state index contributed by atoms with van der Waals surface area (Å²) in [6, 6.07) is 7.67. The number of thioether (sulfide) groups is 1. The van der Waals surface area contributed by atoms with Gasteiger partial charge in [-0.05, 0) is 18.6 Å². The Morgan fingerprint density at radius 3 is 2.65 bits per heavy atom. The quantitative estimate of drug-likeness (QED) is 0.387. The molecule has 1 atom stereocenters. The van der Waals surface area contributed by atoms with Crippen LogP contribution in [0, 0.1) is 0 Å². The Morgan fingerprint density at radius 2 is 2.08 bits per heavy atom. The standard InChI is InChI=1S/C16H20N4O3S3/c1-4-11-24-16-19-18-15(25-16)17-14(21)13(5-2)20(26(3,22)23)12-9-7-6-8-10-12/h4,6-10,13H,1,5,11H2,2-3H3,(H,17,18,21)/t13-/m1/s1. The van der Waals surface area contributed by atoms with Gasteiger partial charge in [-0.3, -0.25) is 14.4 Å². The minimum Gasteiger partial charge on any atom is -0.299 e. The number of hydrogen-bond acceptors (Lipinski definition) is 7. The van der Waals surface area contributed by atoms with Crippen LogP contribution in [0.25, 0.3) is 0 Å². The molecule has 0 aliphatic heterocycles. The van der Waals surface area contributed by atoms with Crippen molar-refractivity contribution < 1.29 is 13.2 Å². The summed E-state index contributed by atoms with van der Waals surface area (Å²) in [5, 5.41) is 10.9. The maximum absolute atomic E-state index is 12.7. The Hall–Kier alpha value is -1.91. The highest BCUT2D eigenvalue weighted by atomic mass is 32.2. The first-order chi connectivity index (χ1) is 12.4. The lowest BCUT2D eigenvalue weighted by Crippen LogP contribution is -2.46. The Labute approximate surface area is 161 Å². The van der Waals surface area contributed by atoms with Gasteiger partial charge < -0.3 is 0 Å². The third kappa shape index (κ3) is 5.29. The van der Waals surface area contributed by atoms with Gasteiger partial charge in [0.15, 0.2) is 4.34 Å². The second-order valence-electron chi connectivity index (χ2n) is 5.28. The van der Waals surface area contributed by atoms with Crippen LogP contribution in [-0.4, -0.2) is 42.6 Å². The number of carbonyl (C=O) groups excluding carboxylic acids is 1. The fourth-order valence-electron chi connectivity index (χ4n) is 2.27. The summed E-state index contributed by atoms with van der Waals surface area (Å²) in [6.07, 6.45) is 3.15. The van der Waals surface area contributed by atoms with Crippen LogP contribution in [0.2, 0.25) is 0 Å². The number of benzene rings is 1. The molecule has 1 heterocycles. The van der Waals surface area contributed by atoms with E-state index in [1.165, 1.54) is 23.1 Å². The topological polar surface area (TPSA) is 92.3 Å². The van der Waals surface area contributed by atoms with Crippen molar-refractivity contribution >= 4 is 49.8 Å². The molecule has 2 rings (SSSR count). The molecule has 0 unspecified atom stereocenters. The summed E-state index contributed by atoms with van der Waals surface area (Å²) in [5.74, 6) is 0.244. The molecule has 1 aromatic carbocycles. The Morgan fingerprint density at radius 1 is 1.38 bits per heavy atom. The first-order valence-electron chi connectivity index (χ1n) is 7.79. The molecule has 1 N–H and O–H groups in total. The van der Waals surface area contributed by atoms with E-state index in [0.29, 0.717) is 27.3 Å². The van der Waals surface area contributed by atoms with Gasteiger partial charge in [-0.1, -0.05) is 54.3 Å². The highest BCUT2D eigenvalue weighted by Crippen LogP contribution is 2.27. The van der Waals surface area contributed by atoms with Crippen LogP contribution in [-0.2, 0) is 14.8 Å². The maximum Gasteiger partial charge on any atom is 0.250 e. The van der Waals surface area contributed by atoms with Gasteiger partial charge >= 0.3 is 0 Å². The molecular weight excluding hydrogens is 392 g/mol. The van der Waals surface area contributed by atoms with Gasteiger partial charge in [-0.15, -0.1) is 16.8 Å². The van der Waals surface area contributed by atoms with E-state index in [4.69, 9.17) is 0 Å². The molecular formula is C16H20N4O3S3. The largest absolute Gasteiger partial charge is 0.299 e. The number of rotatable bonds is 9. The predicted octanol–water partition coefficient (Wildman–Crippen LogP) is 3.00. The highest BCUT2D eigenvalue weighted by molar-refractivity contribution is 8.01. The summed E-state index contributed by atoms with van der Waals surface area (Å²) < 4.78 is 26.5. The molecule has 0 aliphatic carbocycles. The molecule has 7 nitrogen and oxygen atoms in total. The molecule has 0 radical (unpaired) electrons. The Balaban J connectivity index is 2.22. The highest BCUT2D eigenvalue weighted by Gasteiger charge is 2.31. The molecule has 0 bridgehead atoms. The van der Waals surface area contributed by atoms with Crippen LogP contribution in [0.1, 0.15) is 13.3 Å². The molecule has 0 saturated heterocycles. The van der Waals surface area contributed by atoms with Crippen LogP contribution < -0.4 is 9.62 Å². The maximum atomic E-state index is 12.7. The summed E-state index contributed by atoms with van der Waals surface area (Å²) in [4.78, 5) is 12.7. The number of carbonyl (C=O) groups is 1. The smallest absolute Gasteiger partial charge is 0.250 e. The van der Waals surface area contributed by atoms with Crippen molar-refractivity contribution in [1.29, 1.82) is 0 Å². The molecule has 1 amide bonds. The average Bonchev–Trinajstić information content (AvgIpc) is 3.04. The Kier molecular flexibility index (Phi) is 7.18. The first kappa shape index (κ1) is 20.4. The number of anilines is 2. The molecule has 0 spiro atoms. The molecule has 26 heavy (non-hydrogen) atoms. The van der Waals surface area contributed by atoms with Crippen LogP contribution in [0.4, 0.5) is 10.8 Å². The zero-order valence-corrected chi connectivity index (χ0v) is 16.9. The third-order valence-electron chi connectivity index (χ3n) is 3.30. The van der Waals surface area contributed by atoms with Crippen molar-refractivity contribution in [3.05, 3.63) is 43.0 Å². The van der Waals surface area contributed by atoms with E-state index in [1.54, 1.807) is 43.3 Å². The van der Waals surface area contributed by atoms with E-state index >= 15 is 0 Å². The molecule has 1 aromatic heterocycles. The minimum atomic E-state index is -3.65. The van der Waals surface area contributed by atoms with Gasteiger partial charge in [0.1, 0.15) is 6.04 Å². The summed E-state index contributed by atoms with van der Waals surface area (Å²) >= 11 is 2.70. The first-order valence-corrected chi connectivity index (χ1v) is 11.4. The number of hydrogen-bond donors (Lipinski definition) is 1.